The number of hydrogen-bond donors (Lipinski definition) is 1. The Bertz CT molecular complexity index is 1000. The molecule has 6 heteroatoms. The maximum atomic E-state index is 12.6. The van der Waals surface area contributed by atoms with E-state index in [9.17, 15) is 9.59 Å². The first kappa shape index (κ1) is 16.7. The van der Waals surface area contributed by atoms with Crippen LogP contribution in [0.15, 0.2) is 47.3 Å². The van der Waals surface area contributed by atoms with Crippen LogP contribution < -0.4 is 10.9 Å². The van der Waals surface area contributed by atoms with Crippen LogP contribution in [0.2, 0.25) is 0 Å². The Morgan fingerprint density at radius 3 is 2.40 bits per heavy atom. The van der Waals surface area contributed by atoms with Gasteiger partial charge in [0.25, 0.3) is 11.5 Å². The highest BCUT2D eigenvalue weighted by Gasteiger charge is 2.18. The number of rotatable bonds is 3. The van der Waals surface area contributed by atoms with Gasteiger partial charge in [-0.3, -0.25) is 14.3 Å². The maximum Gasteiger partial charge on any atom is 0.263 e. The fourth-order valence-corrected chi connectivity index (χ4v) is 2.75. The largest absolute Gasteiger partial charge is 0.315 e. The number of benzene rings is 1. The van der Waals surface area contributed by atoms with Gasteiger partial charge in [0.1, 0.15) is 11.4 Å². The van der Waals surface area contributed by atoms with Gasteiger partial charge in [-0.25, -0.2) is 0 Å². The van der Waals surface area contributed by atoms with Crippen LogP contribution in [-0.2, 0) is 14.1 Å². The Balaban J connectivity index is 1.97. The average Bonchev–Trinajstić information content (AvgIpc) is 2.88. The van der Waals surface area contributed by atoms with Crippen molar-refractivity contribution in [3.8, 4) is 11.3 Å². The summed E-state index contributed by atoms with van der Waals surface area (Å²) >= 11 is 0. The van der Waals surface area contributed by atoms with Gasteiger partial charge in [0.2, 0.25) is 0 Å². The summed E-state index contributed by atoms with van der Waals surface area (Å²) in [5.41, 5.74) is 3.21. The normalized spacial score (nSPS) is 10.7. The first-order valence-electron chi connectivity index (χ1n) is 7.97. The molecule has 3 rings (SSSR count). The van der Waals surface area contributed by atoms with E-state index < -0.39 is 5.91 Å². The van der Waals surface area contributed by atoms with E-state index in [-0.39, 0.29) is 11.1 Å². The lowest BCUT2D eigenvalue weighted by atomic mass is 10.1. The first-order chi connectivity index (χ1) is 11.9. The number of nitrogens with zero attached hydrogens (tertiary/aromatic N) is 3. The quantitative estimate of drug-likeness (QED) is 0.799. The zero-order chi connectivity index (χ0) is 18.1. The summed E-state index contributed by atoms with van der Waals surface area (Å²) in [4.78, 5) is 24.9. The molecule has 0 saturated carbocycles. The second-order valence-corrected chi connectivity index (χ2v) is 6.02. The van der Waals surface area contributed by atoms with Crippen molar-refractivity contribution < 1.29 is 4.79 Å². The minimum Gasteiger partial charge on any atom is -0.315 e. The number of aryl methyl sites for hydroxylation is 2. The van der Waals surface area contributed by atoms with Crippen molar-refractivity contribution in [1.82, 2.24) is 14.3 Å². The van der Waals surface area contributed by atoms with Crippen molar-refractivity contribution in [3.05, 3.63) is 69.6 Å². The first-order valence-corrected chi connectivity index (χ1v) is 7.97. The van der Waals surface area contributed by atoms with Gasteiger partial charge in [0.05, 0.1) is 5.69 Å². The molecule has 6 nitrogen and oxygen atoms in total. The number of carbonyl (C=O) groups excluding carboxylic acids is 1. The van der Waals surface area contributed by atoms with Crippen LogP contribution in [0, 0.1) is 13.8 Å². The third-order valence-corrected chi connectivity index (χ3v) is 4.36. The van der Waals surface area contributed by atoms with Gasteiger partial charge < -0.3 is 9.88 Å². The second-order valence-electron chi connectivity index (χ2n) is 6.02. The molecule has 0 aliphatic carbocycles. The number of aromatic nitrogens is 3. The van der Waals surface area contributed by atoms with Crippen molar-refractivity contribution in [2.75, 3.05) is 5.32 Å². The fraction of sp³-hybridized carbons (Fsp3) is 0.211. The minimum atomic E-state index is -0.439. The number of anilines is 1. The molecule has 0 aliphatic heterocycles. The molecule has 2 heterocycles. The second kappa shape index (κ2) is 6.39. The van der Waals surface area contributed by atoms with E-state index in [1.54, 1.807) is 30.9 Å². The Morgan fingerprint density at radius 1 is 1.04 bits per heavy atom. The highest BCUT2D eigenvalue weighted by molar-refractivity contribution is 6.04. The van der Waals surface area contributed by atoms with Gasteiger partial charge in [-0.2, -0.15) is 5.10 Å². The topological polar surface area (TPSA) is 68.9 Å². The zero-order valence-corrected chi connectivity index (χ0v) is 14.7. The molecule has 0 bridgehead atoms. The third-order valence-electron chi connectivity index (χ3n) is 4.36. The predicted molar refractivity (Wildman–Crippen MR) is 97.8 cm³/mol. The Labute approximate surface area is 145 Å². The number of nitrogens with one attached hydrogen (secondary N) is 1. The van der Waals surface area contributed by atoms with Gasteiger partial charge in [-0.15, -0.1) is 0 Å². The number of hydrogen-bond acceptors (Lipinski definition) is 3. The molecule has 0 unspecified atom stereocenters. The Hall–Kier alpha value is -3.15. The molecular formula is C19H20N4O2. The van der Waals surface area contributed by atoms with Crippen LogP contribution in [0.3, 0.4) is 0 Å². The molecule has 25 heavy (non-hydrogen) atoms. The molecule has 2 aromatic heterocycles. The summed E-state index contributed by atoms with van der Waals surface area (Å²) in [5.74, 6) is 0.137. The number of pyridine rings is 1. The van der Waals surface area contributed by atoms with E-state index in [0.717, 1.165) is 22.5 Å². The monoisotopic (exact) mass is 336 g/mol. The SMILES string of the molecule is Cc1c(-c2ccccc2)nn(C)c1NC(=O)c1ccc(C)n(C)c1=O. The van der Waals surface area contributed by atoms with Gasteiger partial charge in [0.15, 0.2) is 0 Å². The molecule has 1 amide bonds. The molecular weight excluding hydrogens is 316 g/mol. The van der Waals surface area contributed by atoms with Gasteiger partial charge in [0, 0.05) is 30.9 Å². The summed E-state index contributed by atoms with van der Waals surface area (Å²) in [7, 11) is 3.42. The molecule has 128 valence electrons. The number of carbonyl (C=O) groups is 1. The lowest BCUT2D eigenvalue weighted by Crippen LogP contribution is -2.29. The van der Waals surface area contributed by atoms with Crippen molar-refractivity contribution in [2.24, 2.45) is 14.1 Å². The van der Waals surface area contributed by atoms with E-state index in [2.05, 4.69) is 10.4 Å². The smallest absolute Gasteiger partial charge is 0.263 e. The highest BCUT2D eigenvalue weighted by atomic mass is 16.2. The van der Waals surface area contributed by atoms with Crippen LogP contribution in [0.25, 0.3) is 11.3 Å². The van der Waals surface area contributed by atoms with Crippen LogP contribution >= 0.6 is 0 Å². The summed E-state index contributed by atoms with van der Waals surface area (Å²) in [6.45, 7) is 3.72. The zero-order valence-electron chi connectivity index (χ0n) is 14.7. The molecule has 1 N–H and O–H groups in total. The van der Waals surface area contributed by atoms with Gasteiger partial charge >= 0.3 is 0 Å². The average molecular weight is 336 g/mol. The molecule has 0 aliphatic rings. The maximum absolute atomic E-state index is 12.6. The van der Waals surface area contributed by atoms with Crippen molar-refractivity contribution in [1.29, 1.82) is 0 Å². The van der Waals surface area contributed by atoms with Crippen LogP contribution in [0.4, 0.5) is 5.82 Å². The summed E-state index contributed by atoms with van der Waals surface area (Å²) in [5, 5.41) is 7.32. The van der Waals surface area contributed by atoms with Crippen LogP contribution in [0.5, 0.6) is 0 Å². The molecule has 1 aromatic carbocycles. The molecule has 0 atom stereocenters. The van der Waals surface area contributed by atoms with Crippen LogP contribution in [-0.4, -0.2) is 20.3 Å². The third kappa shape index (κ3) is 2.98. The van der Waals surface area contributed by atoms with E-state index in [0.29, 0.717) is 5.82 Å². The van der Waals surface area contributed by atoms with Crippen molar-refractivity contribution >= 4 is 11.7 Å². The fourth-order valence-electron chi connectivity index (χ4n) is 2.75. The Morgan fingerprint density at radius 2 is 1.72 bits per heavy atom. The predicted octanol–water partition coefficient (Wildman–Crippen LogP) is 2.65. The van der Waals surface area contributed by atoms with Crippen molar-refractivity contribution in [2.45, 2.75) is 13.8 Å². The lowest BCUT2D eigenvalue weighted by molar-refractivity contribution is 0.102. The van der Waals surface area contributed by atoms with Crippen LogP contribution in [0.1, 0.15) is 21.6 Å². The Kier molecular flexibility index (Phi) is 4.27. The molecule has 0 fully saturated rings. The van der Waals surface area contributed by atoms with E-state index in [4.69, 9.17) is 0 Å². The lowest BCUT2D eigenvalue weighted by Gasteiger charge is -2.09. The highest BCUT2D eigenvalue weighted by Crippen LogP contribution is 2.27. The summed E-state index contributed by atoms with van der Waals surface area (Å²) in [6.07, 6.45) is 0. The van der Waals surface area contributed by atoms with Gasteiger partial charge in [-0.1, -0.05) is 30.3 Å². The standard InChI is InChI=1S/C19H20N4O2/c1-12-10-11-15(19(25)22(12)3)18(24)20-17-13(2)16(21-23(17)4)14-8-6-5-7-9-14/h5-11H,1-4H3,(H,20,24). The summed E-state index contributed by atoms with van der Waals surface area (Å²) in [6, 6.07) is 13.1. The van der Waals surface area contributed by atoms with E-state index >= 15 is 0 Å². The van der Waals surface area contributed by atoms with Gasteiger partial charge in [-0.05, 0) is 26.0 Å². The van der Waals surface area contributed by atoms with Crippen molar-refractivity contribution in [3.63, 3.8) is 0 Å². The molecule has 0 saturated heterocycles. The van der Waals surface area contributed by atoms with E-state index in [1.165, 1.54) is 4.57 Å². The molecule has 0 spiro atoms. The molecule has 0 radical (unpaired) electrons. The molecule has 3 aromatic rings. The minimum absolute atomic E-state index is 0.106. The van der Waals surface area contributed by atoms with E-state index in [1.807, 2.05) is 44.2 Å². The number of amides is 1. The summed E-state index contributed by atoms with van der Waals surface area (Å²) < 4.78 is 3.08.